The van der Waals surface area contributed by atoms with Crippen LogP contribution >= 0.6 is 24.0 Å². The van der Waals surface area contributed by atoms with Gasteiger partial charge in [0.1, 0.15) is 5.75 Å². The number of benzene rings is 1. The molecule has 2 rings (SSSR count). The lowest BCUT2D eigenvalue weighted by Gasteiger charge is -2.23. The van der Waals surface area contributed by atoms with E-state index in [1.54, 1.807) is 13.2 Å². The van der Waals surface area contributed by atoms with E-state index in [4.69, 9.17) is 21.1 Å². The van der Waals surface area contributed by atoms with Gasteiger partial charge in [-0.1, -0.05) is 17.7 Å². The van der Waals surface area contributed by atoms with Crippen LogP contribution in [0.15, 0.2) is 18.2 Å². The smallest absolute Gasteiger partial charge is 0.222 e. The van der Waals surface area contributed by atoms with Gasteiger partial charge in [0, 0.05) is 30.2 Å². The third kappa shape index (κ3) is 5.36. The summed E-state index contributed by atoms with van der Waals surface area (Å²) >= 11 is 6.12. The van der Waals surface area contributed by atoms with Gasteiger partial charge in [0.05, 0.1) is 26.2 Å². The molecule has 1 atom stereocenters. The fourth-order valence-electron chi connectivity index (χ4n) is 2.12. The molecule has 5 nitrogen and oxygen atoms in total. The number of halogens is 2. The molecule has 7 heteroatoms. The molecule has 0 radical (unpaired) electrons. The van der Waals surface area contributed by atoms with Crippen LogP contribution in [0.1, 0.15) is 12.0 Å². The van der Waals surface area contributed by atoms with Gasteiger partial charge < -0.3 is 20.1 Å². The van der Waals surface area contributed by atoms with Crippen LogP contribution in [-0.4, -0.2) is 38.8 Å². The third-order valence-corrected chi connectivity index (χ3v) is 3.53. The molecule has 1 amide bonds. The Kier molecular flexibility index (Phi) is 7.82. The van der Waals surface area contributed by atoms with E-state index in [1.807, 2.05) is 12.1 Å². The molecule has 118 valence electrons. The minimum atomic E-state index is -0.0584. The number of methoxy groups -OCH3 is 1. The van der Waals surface area contributed by atoms with Crippen LogP contribution in [0.25, 0.3) is 0 Å². The van der Waals surface area contributed by atoms with Crippen LogP contribution in [0.2, 0.25) is 5.02 Å². The molecule has 1 fully saturated rings. The second-order valence-electron chi connectivity index (χ2n) is 4.60. The van der Waals surface area contributed by atoms with Crippen molar-refractivity contribution in [3.8, 4) is 5.75 Å². The number of ether oxygens (including phenoxy) is 2. The molecule has 0 aliphatic carbocycles. The number of carbonyl (C=O) groups excluding carboxylic acids is 1. The van der Waals surface area contributed by atoms with Crippen molar-refractivity contribution in [3.63, 3.8) is 0 Å². The summed E-state index contributed by atoms with van der Waals surface area (Å²) in [4.78, 5) is 11.9. The molecule has 1 aliphatic heterocycles. The zero-order valence-electron chi connectivity index (χ0n) is 11.9. The summed E-state index contributed by atoms with van der Waals surface area (Å²) in [6.07, 6.45) is 0.289. The lowest BCUT2D eigenvalue weighted by molar-refractivity contribution is -0.124. The molecule has 1 saturated heterocycles. The van der Waals surface area contributed by atoms with Gasteiger partial charge >= 0.3 is 0 Å². The zero-order valence-corrected chi connectivity index (χ0v) is 13.4. The van der Waals surface area contributed by atoms with Crippen LogP contribution in [-0.2, 0) is 16.1 Å². The van der Waals surface area contributed by atoms with Crippen LogP contribution in [0.3, 0.4) is 0 Å². The highest BCUT2D eigenvalue weighted by atomic mass is 35.5. The lowest BCUT2D eigenvalue weighted by Crippen LogP contribution is -2.41. The summed E-state index contributed by atoms with van der Waals surface area (Å²) in [6.45, 7) is 2.55. The molecule has 1 unspecified atom stereocenters. The van der Waals surface area contributed by atoms with Crippen LogP contribution in [0.4, 0.5) is 0 Å². The Hall–Kier alpha value is -1.01. The molecule has 0 bridgehead atoms. The molecule has 1 heterocycles. The molecule has 0 aromatic heterocycles. The first-order valence-electron chi connectivity index (χ1n) is 6.61. The van der Waals surface area contributed by atoms with Crippen LogP contribution < -0.4 is 15.4 Å². The number of carbonyl (C=O) groups is 1. The molecule has 1 aliphatic rings. The third-order valence-electron chi connectivity index (χ3n) is 3.18. The maximum absolute atomic E-state index is 11.9. The van der Waals surface area contributed by atoms with E-state index in [9.17, 15) is 4.79 Å². The normalized spacial score (nSPS) is 17.7. The number of morpholine rings is 1. The Morgan fingerprint density at radius 2 is 2.38 bits per heavy atom. The molecule has 21 heavy (non-hydrogen) atoms. The van der Waals surface area contributed by atoms with Crippen molar-refractivity contribution in [2.45, 2.75) is 19.1 Å². The van der Waals surface area contributed by atoms with Crippen molar-refractivity contribution in [1.82, 2.24) is 10.6 Å². The highest BCUT2D eigenvalue weighted by Crippen LogP contribution is 2.25. The average molecular weight is 335 g/mol. The van der Waals surface area contributed by atoms with Gasteiger partial charge in [-0.05, 0) is 12.1 Å². The number of hydrogen-bond donors (Lipinski definition) is 2. The quantitative estimate of drug-likeness (QED) is 0.861. The van der Waals surface area contributed by atoms with Crippen molar-refractivity contribution in [2.24, 2.45) is 0 Å². The predicted molar refractivity (Wildman–Crippen MR) is 84.3 cm³/mol. The second kappa shape index (κ2) is 9.10. The molecular formula is C14H20Cl2N2O3. The summed E-state index contributed by atoms with van der Waals surface area (Å²) < 4.78 is 10.7. The number of nitrogens with one attached hydrogen (secondary N) is 2. The van der Waals surface area contributed by atoms with Crippen molar-refractivity contribution in [2.75, 3.05) is 26.8 Å². The summed E-state index contributed by atoms with van der Waals surface area (Å²) in [5.41, 5.74) is 0.785. The van der Waals surface area contributed by atoms with Crippen LogP contribution in [0, 0.1) is 0 Å². The lowest BCUT2D eigenvalue weighted by atomic mass is 10.2. The largest absolute Gasteiger partial charge is 0.496 e. The maximum atomic E-state index is 11.9. The van der Waals surface area contributed by atoms with E-state index in [2.05, 4.69) is 10.6 Å². The Morgan fingerprint density at radius 1 is 1.57 bits per heavy atom. The molecule has 1 aromatic carbocycles. The van der Waals surface area contributed by atoms with Gasteiger partial charge in [0.2, 0.25) is 5.91 Å². The van der Waals surface area contributed by atoms with E-state index in [-0.39, 0.29) is 24.4 Å². The van der Waals surface area contributed by atoms with Gasteiger partial charge in [-0.15, -0.1) is 12.4 Å². The minimum Gasteiger partial charge on any atom is -0.496 e. The summed E-state index contributed by atoms with van der Waals surface area (Å²) in [6, 6.07) is 5.41. The topological polar surface area (TPSA) is 59.6 Å². The first kappa shape index (κ1) is 18.0. The number of amides is 1. The standard InChI is InChI=1S/C14H19ClN2O3.ClH/c1-19-13-4-2-3-12(15)11(13)9-17-14(18)7-10-8-16-5-6-20-10;/h2-4,10,16H,5-9H2,1H3,(H,17,18);1H. The van der Waals surface area contributed by atoms with E-state index in [1.165, 1.54) is 0 Å². The summed E-state index contributed by atoms with van der Waals surface area (Å²) in [5, 5.41) is 6.63. The van der Waals surface area contributed by atoms with Crippen molar-refractivity contribution < 1.29 is 14.3 Å². The Morgan fingerprint density at radius 3 is 3.05 bits per heavy atom. The summed E-state index contributed by atoms with van der Waals surface area (Å²) in [7, 11) is 1.58. The number of hydrogen-bond acceptors (Lipinski definition) is 4. The van der Waals surface area contributed by atoms with Gasteiger partial charge in [-0.3, -0.25) is 4.79 Å². The van der Waals surface area contributed by atoms with Crippen LogP contribution in [0.5, 0.6) is 5.75 Å². The Balaban J connectivity index is 0.00000220. The monoisotopic (exact) mass is 334 g/mol. The van der Waals surface area contributed by atoms with Gasteiger partial charge in [0.25, 0.3) is 0 Å². The Bertz CT molecular complexity index is 466. The van der Waals surface area contributed by atoms with E-state index >= 15 is 0 Å². The molecule has 0 spiro atoms. The van der Waals surface area contributed by atoms with Crippen molar-refractivity contribution in [3.05, 3.63) is 28.8 Å². The molecular weight excluding hydrogens is 315 g/mol. The first-order chi connectivity index (χ1) is 9.70. The van der Waals surface area contributed by atoms with Crippen molar-refractivity contribution >= 4 is 29.9 Å². The van der Waals surface area contributed by atoms with E-state index in [0.717, 1.165) is 12.1 Å². The second-order valence-corrected chi connectivity index (χ2v) is 5.01. The highest BCUT2D eigenvalue weighted by Gasteiger charge is 2.17. The fraction of sp³-hybridized carbons (Fsp3) is 0.500. The average Bonchev–Trinajstić information content (AvgIpc) is 2.46. The first-order valence-corrected chi connectivity index (χ1v) is 6.99. The Labute approximate surface area is 135 Å². The fourth-order valence-corrected chi connectivity index (χ4v) is 2.35. The molecule has 2 N–H and O–H groups in total. The SMILES string of the molecule is COc1cccc(Cl)c1CNC(=O)CC1CNCCO1.Cl. The van der Waals surface area contributed by atoms with E-state index in [0.29, 0.717) is 36.9 Å². The van der Waals surface area contributed by atoms with Gasteiger partial charge in [0.15, 0.2) is 0 Å². The molecule has 0 saturated carbocycles. The minimum absolute atomic E-state index is 0. The zero-order chi connectivity index (χ0) is 14.4. The predicted octanol–water partition coefficient (Wildman–Crippen LogP) is 1.77. The molecule has 1 aromatic rings. The van der Waals surface area contributed by atoms with Gasteiger partial charge in [-0.25, -0.2) is 0 Å². The summed E-state index contributed by atoms with van der Waals surface area (Å²) in [5.74, 6) is 0.619. The number of rotatable bonds is 5. The van der Waals surface area contributed by atoms with E-state index < -0.39 is 0 Å². The highest BCUT2D eigenvalue weighted by molar-refractivity contribution is 6.31. The van der Waals surface area contributed by atoms with Gasteiger partial charge in [-0.2, -0.15) is 0 Å². The van der Waals surface area contributed by atoms with Crippen molar-refractivity contribution in [1.29, 1.82) is 0 Å². The maximum Gasteiger partial charge on any atom is 0.222 e.